The van der Waals surface area contributed by atoms with Crippen molar-refractivity contribution in [3.8, 4) is 0 Å². The van der Waals surface area contributed by atoms with Crippen LogP contribution in [0.5, 0.6) is 0 Å². The predicted octanol–water partition coefficient (Wildman–Crippen LogP) is 4.68. The Kier molecular flexibility index (Phi) is 7.65. The Morgan fingerprint density at radius 2 is 1.73 bits per heavy atom. The molecule has 2 aliphatic rings. The highest BCUT2D eigenvalue weighted by Gasteiger charge is 2.58. The number of nitrogens with zero attached hydrogens (tertiary/aromatic N) is 4. The maximum absolute atomic E-state index is 13.3. The molecule has 33 heavy (non-hydrogen) atoms. The van der Waals surface area contributed by atoms with Crippen LogP contribution in [0.25, 0.3) is 0 Å². The lowest BCUT2D eigenvalue weighted by Gasteiger charge is -2.41. The number of carbonyl (C=O) groups is 3. The van der Waals surface area contributed by atoms with Crippen molar-refractivity contribution in [1.29, 1.82) is 0 Å². The lowest BCUT2D eigenvalue weighted by Crippen LogP contribution is -2.57. The number of amides is 4. The number of hydrogen-bond acceptors (Lipinski definition) is 5. The summed E-state index contributed by atoms with van der Waals surface area (Å²) >= 11 is 0. The third-order valence-corrected chi connectivity index (χ3v) is 5.40. The van der Waals surface area contributed by atoms with Crippen LogP contribution in [0.1, 0.15) is 59.9 Å². The monoisotopic (exact) mass is 472 g/mol. The number of aromatic nitrogens is 1. The van der Waals surface area contributed by atoms with E-state index in [1.807, 2.05) is 13.8 Å². The maximum Gasteiger partial charge on any atom is 0.416 e. The van der Waals surface area contributed by atoms with Gasteiger partial charge in [0.1, 0.15) is 17.0 Å². The zero-order valence-corrected chi connectivity index (χ0v) is 19.8. The van der Waals surface area contributed by atoms with Gasteiger partial charge in [0, 0.05) is 25.8 Å². The summed E-state index contributed by atoms with van der Waals surface area (Å²) < 4.78 is 44.7. The number of urea groups is 1. The number of anilines is 1. The molecule has 0 unspecified atom stereocenters. The van der Waals surface area contributed by atoms with E-state index in [0.29, 0.717) is 11.0 Å². The molecule has 0 saturated carbocycles. The summed E-state index contributed by atoms with van der Waals surface area (Å²) in [7, 11) is 0. The van der Waals surface area contributed by atoms with Crippen molar-refractivity contribution >= 4 is 23.8 Å². The molecule has 3 rings (SSSR count). The quantitative estimate of drug-likeness (QED) is 0.584. The largest absolute Gasteiger partial charge is 0.444 e. The molecule has 0 bridgehead atoms. The lowest BCUT2D eigenvalue weighted by atomic mass is 9.86. The van der Waals surface area contributed by atoms with Crippen molar-refractivity contribution in [3.05, 3.63) is 23.9 Å². The Hall–Kier alpha value is -2.85. The SMILES string of the molecule is CC.CCN1C(=O)N(c2cc(C(F)(F)F)ccn2)C(=O)C12CCN(C(=O)OC(C)(C)C)CC2. The van der Waals surface area contributed by atoms with Crippen LogP contribution in [0.3, 0.4) is 0 Å². The summed E-state index contributed by atoms with van der Waals surface area (Å²) in [6.45, 7) is 11.5. The first-order valence-corrected chi connectivity index (χ1v) is 11.0. The summed E-state index contributed by atoms with van der Waals surface area (Å²) in [6.07, 6.45) is -3.92. The number of alkyl halides is 3. The van der Waals surface area contributed by atoms with Gasteiger partial charge in [0.2, 0.25) is 0 Å². The van der Waals surface area contributed by atoms with E-state index in [1.54, 1.807) is 27.7 Å². The molecular weight excluding hydrogens is 441 g/mol. The van der Waals surface area contributed by atoms with Crippen molar-refractivity contribution in [2.24, 2.45) is 0 Å². The van der Waals surface area contributed by atoms with Crippen molar-refractivity contribution in [3.63, 3.8) is 0 Å². The second-order valence-electron chi connectivity index (χ2n) is 8.57. The molecule has 3 heterocycles. The molecule has 1 aromatic rings. The first-order valence-electron chi connectivity index (χ1n) is 11.0. The van der Waals surface area contributed by atoms with Crippen molar-refractivity contribution < 1.29 is 32.3 Å². The summed E-state index contributed by atoms with van der Waals surface area (Å²) in [4.78, 5) is 46.0. The number of carbonyl (C=O) groups excluding carboxylic acids is 3. The molecule has 0 atom stereocenters. The van der Waals surface area contributed by atoms with E-state index in [-0.39, 0.29) is 38.3 Å². The Balaban J connectivity index is 0.00000187. The van der Waals surface area contributed by atoms with Gasteiger partial charge in [-0.05, 0) is 52.7 Å². The number of pyridine rings is 1. The molecule has 2 fully saturated rings. The van der Waals surface area contributed by atoms with Gasteiger partial charge in [-0.15, -0.1) is 0 Å². The van der Waals surface area contributed by atoms with Crippen molar-refractivity contribution in [2.75, 3.05) is 24.5 Å². The third-order valence-electron chi connectivity index (χ3n) is 5.40. The minimum absolute atomic E-state index is 0.153. The molecule has 4 amide bonds. The number of hydrogen-bond donors (Lipinski definition) is 0. The Labute approximate surface area is 191 Å². The first kappa shape index (κ1) is 26.4. The fraction of sp³-hybridized carbons (Fsp3) is 0.636. The van der Waals surface area contributed by atoms with Crippen LogP contribution in [-0.2, 0) is 15.7 Å². The molecule has 1 spiro atoms. The van der Waals surface area contributed by atoms with Gasteiger partial charge in [0.15, 0.2) is 0 Å². The van der Waals surface area contributed by atoms with Crippen LogP contribution in [0.2, 0.25) is 0 Å². The second-order valence-corrected chi connectivity index (χ2v) is 8.57. The number of rotatable bonds is 2. The van der Waals surface area contributed by atoms with E-state index in [9.17, 15) is 27.6 Å². The van der Waals surface area contributed by atoms with Gasteiger partial charge in [0.05, 0.1) is 5.56 Å². The number of likely N-dealkylation sites (N-methyl/N-ethyl adjacent to an activating group) is 1. The zero-order chi connectivity index (χ0) is 25.2. The van der Waals surface area contributed by atoms with Gasteiger partial charge in [-0.1, -0.05) is 13.8 Å². The van der Waals surface area contributed by atoms with Crippen molar-refractivity contribution in [1.82, 2.24) is 14.8 Å². The van der Waals surface area contributed by atoms with Gasteiger partial charge in [-0.2, -0.15) is 13.2 Å². The highest BCUT2D eigenvalue weighted by atomic mass is 19.4. The number of likely N-dealkylation sites (tertiary alicyclic amines) is 1. The normalized spacial score (nSPS) is 18.4. The first-order chi connectivity index (χ1) is 15.3. The van der Waals surface area contributed by atoms with Crippen LogP contribution in [0, 0.1) is 0 Å². The van der Waals surface area contributed by atoms with Crippen LogP contribution in [-0.4, -0.2) is 63.6 Å². The predicted molar refractivity (Wildman–Crippen MR) is 116 cm³/mol. The van der Waals surface area contributed by atoms with E-state index in [2.05, 4.69) is 4.98 Å². The highest BCUT2D eigenvalue weighted by molar-refractivity contribution is 6.22. The van der Waals surface area contributed by atoms with E-state index in [0.717, 1.165) is 12.3 Å². The summed E-state index contributed by atoms with van der Waals surface area (Å²) in [5.41, 5.74) is -2.91. The van der Waals surface area contributed by atoms with Gasteiger partial charge in [0.25, 0.3) is 5.91 Å². The van der Waals surface area contributed by atoms with Gasteiger partial charge in [-0.3, -0.25) is 4.79 Å². The number of ether oxygens (including phenoxy) is 1. The van der Waals surface area contributed by atoms with Crippen LogP contribution >= 0.6 is 0 Å². The summed E-state index contributed by atoms with van der Waals surface area (Å²) in [5, 5.41) is 0. The third kappa shape index (κ3) is 5.22. The molecule has 2 saturated heterocycles. The Morgan fingerprint density at radius 3 is 2.21 bits per heavy atom. The molecule has 0 aliphatic carbocycles. The summed E-state index contributed by atoms with van der Waals surface area (Å²) in [5.74, 6) is -0.996. The average Bonchev–Trinajstić information content (AvgIpc) is 2.94. The number of halogens is 3. The van der Waals surface area contributed by atoms with Crippen LogP contribution in [0.4, 0.5) is 28.6 Å². The maximum atomic E-state index is 13.3. The standard InChI is InChI=1S/C20H25F3N4O4.C2H6/c1-5-26-16(29)27(14-12-13(6-9-24-14)20(21,22)23)15(28)19(26)7-10-25(11-8-19)17(30)31-18(2,3)4;1-2/h6,9,12H,5,7-8,10-11H2,1-4H3;1-2H3. The van der Waals surface area contributed by atoms with Crippen LogP contribution in [0.15, 0.2) is 18.3 Å². The highest BCUT2D eigenvalue weighted by Crippen LogP contribution is 2.40. The van der Waals surface area contributed by atoms with E-state index in [1.165, 1.54) is 9.80 Å². The van der Waals surface area contributed by atoms with E-state index < -0.39 is 40.9 Å². The molecule has 0 N–H and O–H groups in total. The van der Waals surface area contributed by atoms with E-state index >= 15 is 0 Å². The number of piperidine rings is 1. The molecule has 0 aromatic carbocycles. The molecule has 11 heteroatoms. The number of imide groups is 1. The van der Waals surface area contributed by atoms with Gasteiger partial charge < -0.3 is 14.5 Å². The van der Waals surface area contributed by atoms with Crippen molar-refractivity contribution in [2.45, 2.75) is 71.7 Å². The lowest BCUT2D eigenvalue weighted by molar-refractivity contribution is -0.137. The van der Waals surface area contributed by atoms with Crippen LogP contribution < -0.4 is 4.90 Å². The van der Waals surface area contributed by atoms with E-state index in [4.69, 9.17) is 4.74 Å². The smallest absolute Gasteiger partial charge is 0.416 e. The van der Waals surface area contributed by atoms with Gasteiger partial charge >= 0.3 is 18.3 Å². The zero-order valence-electron chi connectivity index (χ0n) is 19.8. The minimum atomic E-state index is -4.63. The molecule has 0 radical (unpaired) electrons. The molecule has 1 aromatic heterocycles. The fourth-order valence-electron chi connectivity index (χ4n) is 3.94. The molecule has 184 valence electrons. The molecular formula is C22H31F3N4O4. The molecule has 8 nitrogen and oxygen atoms in total. The van der Waals surface area contributed by atoms with Gasteiger partial charge in [-0.25, -0.2) is 19.5 Å². The second kappa shape index (κ2) is 9.56. The Morgan fingerprint density at radius 1 is 1.15 bits per heavy atom. The fourth-order valence-corrected chi connectivity index (χ4v) is 3.94. The Bertz CT molecular complexity index is 890. The summed E-state index contributed by atoms with van der Waals surface area (Å²) in [6, 6.07) is 0.754. The average molecular weight is 473 g/mol. The topological polar surface area (TPSA) is 83.1 Å². The minimum Gasteiger partial charge on any atom is -0.444 e. The molecule has 2 aliphatic heterocycles.